The van der Waals surface area contributed by atoms with Crippen LogP contribution in [0.15, 0.2) is 41.8 Å². The SMILES string of the molecule is N#CCCN(C(=O)CN1CCc2sccc2C1)c1ccccc1. The minimum Gasteiger partial charge on any atom is -0.310 e. The smallest absolute Gasteiger partial charge is 0.241 e. The molecule has 0 spiro atoms. The first-order valence-electron chi connectivity index (χ1n) is 7.78. The highest BCUT2D eigenvalue weighted by atomic mass is 32.1. The van der Waals surface area contributed by atoms with E-state index in [9.17, 15) is 4.79 Å². The third-order valence-electron chi connectivity index (χ3n) is 4.06. The zero-order valence-electron chi connectivity index (χ0n) is 12.9. The topological polar surface area (TPSA) is 47.3 Å². The molecule has 1 aromatic heterocycles. The number of hydrogen-bond donors (Lipinski definition) is 0. The minimum atomic E-state index is 0.0603. The van der Waals surface area contributed by atoms with Crippen LogP contribution in [0.4, 0.5) is 5.69 Å². The van der Waals surface area contributed by atoms with E-state index >= 15 is 0 Å². The molecule has 1 aromatic carbocycles. The highest BCUT2D eigenvalue weighted by molar-refractivity contribution is 7.10. The molecule has 118 valence electrons. The predicted octanol–water partition coefficient (Wildman–Crippen LogP) is 3.05. The number of anilines is 1. The maximum Gasteiger partial charge on any atom is 0.241 e. The van der Waals surface area contributed by atoms with Gasteiger partial charge in [0.2, 0.25) is 5.91 Å². The molecule has 23 heavy (non-hydrogen) atoms. The first kappa shape index (κ1) is 15.7. The Kier molecular flexibility index (Phi) is 5.06. The normalized spacial score (nSPS) is 14.0. The fraction of sp³-hybridized carbons (Fsp3) is 0.333. The molecule has 0 saturated heterocycles. The molecule has 3 rings (SSSR count). The molecule has 0 saturated carbocycles. The predicted molar refractivity (Wildman–Crippen MR) is 92.3 cm³/mol. The van der Waals surface area contributed by atoms with Gasteiger partial charge in [-0.15, -0.1) is 11.3 Å². The molecule has 5 heteroatoms. The van der Waals surface area contributed by atoms with Crippen molar-refractivity contribution in [1.29, 1.82) is 5.26 Å². The lowest BCUT2D eigenvalue weighted by molar-refractivity contribution is -0.119. The molecule has 0 fully saturated rings. The average molecular weight is 325 g/mol. The molecular formula is C18H19N3OS. The lowest BCUT2D eigenvalue weighted by atomic mass is 10.1. The summed E-state index contributed by atoms with van der Waals surface area (Å²) in [5.74, 6) is 0.0603. The van der Waals surface area contributed by atoms with E-state index in [0.29, 0.717) is 19.5 Å². The monoisotopic (exact) mass is 325 g/mol. The lowest BCUT2D eigenvalue weighted by Crippen LogP contribution is -2.42. The molecule has 1 aliphatic rings. The molecule has 4 nitrogen and oxygen atoms in total. The molecule has 1 amide bonds. The fourth-order valence-corrected chi connectivity index (χ4v) is 3.78. The van der Waals surface area contributed by atoms with Crippen LogP contribution in [0.25, 0.3) is 0 Å². The van der Waals surface area contributed by atoms with Gasteiger partial charge >= 0.3 is 0 Å². The van der Waals surface area contributed by atoms with Crippen molar-refractivity contribution in [2.75, 3.05) is 24.5 Å². The number of thiophene rings is 1. The van der Waals surface area contributed by atoms with E-state index in [0.717, 1.165) is 25.2 Å². The quantitative estimate of drug-likeness (QED) is 0.849. The van der Waals surface area contributed by atoms with E-state index in [2.05, 4.69) is 22.4 Å². The zero-order valence-corrected chi connectivity index (χ0v) is 13.8. The van der Waals surface area contributed by atoms with Crippen molar-refractivity contribution in [1.82, 2.24) is 4.90 Å². The number of benzene rings is 1. The summed E-state index contributed by atoms with van der Waals surface area (Å²) >= 11 is 1.80. The molecule has 0 atom stereocenters. The van der Waals surface area contributed by atoms with Gasteiger partial charge in [-0.05, 0) is 35.6 Å². The van der Waals surface area contributed by atoms with E-state index in [1.54, 1.807) is 16.2 Å². The number of rotatable bonds is 5. The van der Waals surface area contributed by atoms with Gasteiger partial charge < -0.3 is 4.90 Å². The summed E-state index contributed by atoms with van der Waals surface area (Å²) < 4.78 is 0. The van der Waals surface area contributed by atoms with Crippen LogP contribution in [0.1, 0.15) is 16.9 Å². The van der Waals surface area contributed by atoms with Crippen molar-refractivity contribution < 1.29 is 4.79 Å². The number of nitriles is 1. The van der Waals surface area contributed by atoms with Gasteiger partial charge in [-0.2, -0.15) is 5.26 Å². The van der Waals surface area contributed by atoms with E-state index in [1.165, 1.54) is 10.4 Å². The Balaban J connectivity index is 1.68. The van der Waals surface area contributed by atoms with Crippen LogP contribution in [0.3, 0.4) is 0 Å². The van der Waals surface area contributed by atoms with Crippen LogP contribution < -0.4 is 4.90 Å². The first-order chi connectivity index (χ1) is 11.3. The van der Waals surface area contributed by atoms with Crippen LogP contribution in [-0.4, -0.2) is 30.4 Å². The standard InChI is InChI=1S/C18H19N3OS/c19-9-4-10-21(16-5-2-1-3-6-16)18(22)14-20-11-7-17-15(13-20)8-12-23-17/h1-3,5-6,8,12H,4,7,10-11,13-14H2. The number of hydrogen-bond acceptors (Lipinski definition) is 4. The van der Waals surface area contributed by atoms with Crippen molar-refractivity contribution in [2.24, 2.45) is 0 Å². The van der Waals surface area contributed by atoms with Gasteiger partial charge in [0.05, 0.1) is 19.0 Å². The Labute approximate surface area is 140 Å². The number of carbonyl (C=O) groups is 1. The van der Waals surface area contributed by atoms with Crippen LogP contribution >= 0.6 is 11.3 Å². The van der Waals surface area contributed by atoms with Crippen molar-refractivity contribution in [3.05, 3.63) is 52.2 Å². The molecule has 2 heterocycles. The van der Waals surface area contributed by atoms with E-state index in [1.807, 2.05) is 30.3 Å². The fourth-order valence-electron chi connectivity index (χ4n) is 2.89. The van der Waals surface area contributed by atoms with Gasteiger partial charge in [-0.25, -0.2) is 0 Å². The summed E-state index contributed by atoms with van der Waals surface area (Å²) in [6.45, 7) is 2.60. The first-order valence-corrected chi connectivity index (χ1v) is 8.66. The van der Waals surface area contributed by atoms with E-state index in [4.69, 9.17) is 5.26 Å². The average Bonchev–Trinajstić information content (AvgIpc) is 3.04. The summed E-state index contributed by atoms with van der Waals surface area (Å²) in [4.78, 5) is 18.1. The van der Waals surface area contributed by atoms with Crippen LogP contribution in [0.5, 0.6) is 0 Å². The van der Waals surface area contributed by atoms with E-state index < -0.39 is 0 Å². The summed E-state index contributed by atoms with van der Waals surface area (Å²) in [5.41, 5.74) is 2.21. The van der Waals surface area contributed by atoms with Crippen molar-refractivity contribution >= 4 is 22.9 Å². The second kappa shape index (κ2) is 7.40. The van der Waals surface area contributed by atoms with Gasteiger partial charge in [0, 0.05) is 30.2 Å². The highest BCUT2D eigenvalue weighted by Gasteiger charge is 2.22. The summed E-state index contributed by atoms with van der Waals surface area (Å²) in [5, 5.41) is 11.0. The largest absolute Gasteiger partial charge is 0.310 e. The van der Waals surface area contributed by atoms with Gasteiger partial charge in [-0.3, -0.25) is 9.69 Å². The Morgan fingerprint density at radius 1 is 1.30 bits per heavy atom. The molecule has 0 unspecified atom stereocenters. The Morgan fingerprint density at radius 2 is 2.13 bits per heavy atom. The Morgan fingerprint density at radius 3 is 2.91 bits per heavy atom. The van der Waals surface area contributed by atoms with Crippen LogP contribution in [0.2, 0.25) is 0 Å². The molecular weight excluding hydrogens is 306 g/mol. The zero-order chi connectivity index (χ0) is 16.1. The number of amides is 1. The maximum absolute atomic E-state index is 12.7. The second-order valence-corrected chi connectivity index (χ2v) is 6.62. The molecule has 2 aromatic rings. The number of nitrogens with zero attached hydrogens (tertiary/aromatic N) is 3. The van der Waals surface area contributed by atoms with Gasteiger partial charge in [0.15, 0.2) is 0 Å². The second-order valence-electron chi connectivity index (χ2n) is 5.62. The molecule has 0 bridgehead atoms. The van der Waals surface area contributed by atoms with Crippen LogP contribution in [0, 0.1) is 11.3 Å². The lowest BCUT2D eigenvalue weighted by Gasteiger charge is -2.29. The summed E-state index contributed by atoms with van der Waals surface area (Å²) in [7, 11) is 0. The van der Waals surface area contributed by atoms with Crippen molar-refractivity contribution in [2.45, 2.75) is 19.4 Å². The van der Waals surface area contributed by atoms with Gasteiger partial charge in [0.25, 0.3) is 0 Å². The minimum absolute atomic E-state index is 0.0603. The van der Waals surface area contributed by atoms with Crippen molar-refractivity contribution in [3.63, 3.8) is 0 Å². The molecule has 1 aliphatic heterocycles. The Hall–Kier alpha value is -2.16. The highest BCUT2D eigenvalue weighted by Crippen LogP contribution is 2.24. The number of fused-ring (bicyclic) bond motifs is 1. The van der Waals surface area contributed by atoms with Crippen molar-refractivity contribution in [3.8, 4) is 6.07 Å². The van der Waals surface area contributed by atoms with E-state index in [-0.39, 0.29) is 5.91 Å². The maximum atomic E-state index is 12.7. The third kappa shape index (κ3) is 3.79. The number of carbonyl (C=O) groups excluding carboxylic acids is 1. The summed E-state index contributed by atoms with van der Waals surface area (Å²) in [6, 6.07) is 13.9. The van der Waals surface area contributed by atoms with Crippen LogP contribution in [-0.2, 0) is 17.8 Å². The molecule has 0 N–H and O–H groups in total. The van der Waals surface area contributed by atoms with Gasteiger partial charge in [0.1, 0.15) is 0 Å². The van der Waals surface area contributed by atoms with Gasteiger partial charge in [-0.1, -0.05) is 18.2 Å². The Bertz CT molecular complexity index is 705. The summed E-state index contributed by atoms with van der Waals surface area (Å²) in [6.07, 6.45) is 1.36. The number of para-hydroxylation sites is 1. The molecule has 0 radical (unpaired) electrons. The molecule has 0 aliphatic carbocycles. The third-order valence-corrected chi connectivity index (χ3v) is 5.08.